The van der Waals surface area contributed by atoms with E-state index in [0.717, 1.165) is 23.3 Å². The van der Waals surface area contributed by atoms with Crippen LogP contribution in [0, 0.1) is 23.5 Å². The Balaban J connectivity index is 0.00000450. The van der Waals surface area contributed by atoms with E-state index in [1.165, 1.54) is 51.4 Å². The maximum Gasteiger partial charge on any atom is 0.435 e. The molecule has 13 nitrogen and oxygen atoms in total. The van der Waals surface area contributed by atoms with Crippen LogP contribution in [0.3, 0.4) is 0 Å². The fraction of sp³-hybridized carbons (Fsp3) is 0.432. The molecule has 3 heterocycles. The molecular weight excluding hydrogens is 1010 g/mol. The van der Waals surface area contributed by atoms with Gasteiger partial charge in [0.2, 0.25) is 5.91 Å². The zero-order valence-corrected chi connectivity index (χ0v) is 40.6. The van der Waals surface area contributed by atoms with Crippen LogP contribution < -0.4 is 9.62 Å². The van der Waals surface area contributed by atoms with E-state index in [0.29, 0.717) is 15.1 Å². The summed E-state index contributed by atoms with van der Waals surface area (Å²) in [7, 11) is -2.69. The van der Waals surface area contributed by atoms with Crippen molar-refractivity contribution in [1.82, 2.24) is 34.8 Å². The molecule has 0 aliphatic heterocycles. The molecule has 3 unspecified atom stereocenters. The first-order valence-corrected chi connectivity index (χ1v) is 24.4. The van der Waals surface area contributed by atoms with Crippen LogP contribution in [0.4, 0.5) is 54.5 Å². The third kappa shape index (κ3) is 12.3. The van der Waals surface area contributed by atoms with Crippen molar-refractivity contribution in [2.24, 2.45) is 0 Å². The standard InChI is InChI=1S/C42H39ClF10N8O5S2.C2H6/c1-39(2,67(4)65)12-10-25-6-7-26(27-8-9-29(43)32-34(27)60(21-41(48,49)50)57-37(32)61(68(5)66)38(64)58(3)14-15-62)33(54-25)30(18-22-16-23(44)19-24(45)17-22)55-31(63)20-59-36-28(11-13-40(36,46)47)35(56-59)42(51,52)53;1-2/h6-9,16-17,19,30,62H,11,13-15,18,20-21H2,1-5H3,(H,55,63);1-2H3. The quantitative estimate of drug-likeness (QED) is 0.0878. The molecule has 0 radical (unpaired) electrons. The van der Waals surface area contributed by atoms with Gasteiger partial charge in [0.15, 0.2) is 11.5 Å². The topological polar surface area (TPSA) is 156 Å². The molecule has 26 heteroatoms. The number of alkyl halides is 8. The second kappa shape index (κ2) is 21.4. The highest BCUT2D eigenvalue weighted by Crippen LogP contribution is 2.47. The number of carbonyl (C=O) groups is 2. The van der Waals surface area contributed by atoms with Crippen LogP contribution in [0.15, 0.2) is 42.5 Å². The van der Waals surface area contributed by atoms with E-state index < -0.39 is 142 Å². The first-order valence-electron chi connectivity index (χ1n) is 21.0. The molecule has 0 fully saturated rings. The number of carbonyl (C=O) groups excluding carboxylic acids is 2. The Hall–Kier alpha value is -5.58. The second-order valence-electron chi connectivity index (χ2n) is 16.0. The number of urea groups is 1. The SMILES string of the molecule is CC.CN(CCO)C(=O)N(c1nn(CC(F)(F)F)c2c(-c3ccc(C#CC(C)(C)S(C)=O)nc3C(Cc3cc(F)cc(F)c3)NC(=O)Cn3nc(C(F)(F)F)c4c3C(F)(F)CC4)ccc(Cl)c12)S(C)=O. The van der Waals surface area contributed by atoms with Gasteiger partial charge in [-0.15, -0.1) is 0 Å². The lowest BCUT2D eigenvalue weighted by Crippen LogP contribution is -2.43. The summed E-state index contributed by atoms with van der Waals surface area (Å²) in [6.45, 7) is 3.10. The number of halogens is 11. The van der Waals surface area contributed by atoms with Crippen molar-refractivity contribution in [3.8, 4) is 23.0 Å². The number of amides is 3. The van der Waals surface area contributed by atoms with Crippen molar-refractivity contribution in [1.29, 1.82) is 0 Å². The van der Waals surface area contributed by atoms with Gasteiger partial charge in [-0.3, -0.25) is 18.4 Å². The number of aromatic nitrogens is 5. The van der Waals surface area contributed by atoms with Crippen LogP contribution in [0.5, 0.6) is 0 Å². The lowest BCUT2D eigenvalue weighted by Gasteiger charge is -2.24. The monoisotopic (exact) mass is 1050 g/mol. The van der Waals surface area contributed by atoms with Crippen molar-refractivity contribution in [3.63, 3.8) is 0 Å². The van der Waals surface area contributed by atoms with Crippen molar-refractivity contribution in [3.05, 3.63) is 93.0 Å². The van der Waals surface area contributed by atoms with E-state index in [-0.39, 0.29) is 49.7 Å². The van der Waals surface area contributed by atoms with Crippen LogP contribution in [-0.4, -0.2) is 98.5 Å². The van der Waals surface area contributed by atoms with Crippen molar-refractivity contribution >= 4 is 62.0 Å². The summed E-state index contributed by atoms with van der Waals surface area (Å²) >= 11 is 6.67. The van der Waals surface area contributed by atoms with Crippen molar-refractivity contribution in [2.45, 2.75) is 89.1 Å². The predicted octanol–water partition coefficient (Wildman–Crippen LogP) is 8.62. The summed E-state index contributed by atoms with van der Waals surface area (Å²) in [5.74, 6) is -2.39. The number of nitrogens with zero attached hydrogens (tertiary/aromatic N) is 7. The highest BCUT2D eigenvalue weighted by molar-refractivity contribution is 7.86. The normalized spacial score (nSPS) is 14.7. The number of likely N-dealkylation sites (N-methyl/N-ethyl adjacent to an activating group) is 1. The lowest BCUT2D eigenvalue weighted by atomic mass is 9.93. The molecule has 380 valence electrons. The molecule has 1 aliphatic carbocycles. The molecule has 6 rings (SSSR count). The van der Waals surface area contributed by atoms with E-state index in [9.17, 15) is 58.2 Å². The van der Waals surface area contributed by atoms with Gasteiger partial charge in [-0.2, -0.15) is 49.6 Å². The molecule has 3 amide bonds. The Labute approximate surface area is 404 Å². The average molecular weight is 1060 g/mol. The van der Waals surface area contributed by atoms with Gasteiger partial charge in [0.25, 0.3) is 5.92 Å². The summed E-state index contributed by atoms with van der Waals surface area (Å²) in [5.41, 5.74) is -5.11. The van der Waals surface area contributed by atoms with E-state index in [2.05, 4.69) is 32.3 Å². The second-order valence-corrected chi connectivity index (χ2v) is 19.6. The first kappa shape index (κ1) is 55.3. The molecule has 0 saturated heterocycles. The van der Waals surface area contributed by atoms with E-state index in [4.69, 9.17) is 11.6 Å². The van der Waals surface area contributed by atoms with Crippen LogP contribution >= 0.6 is 11.6 Å². The highest BCUT2D eigenvalue weighted by Gasteiger charge is 2.50. The molecule has 70 heavy (non-hydrogen) atoms. The van der Waals surface area contributed by atoms with Gasteiger partial charge >= 0.3 is 18.4 Å². The third-order valence-electron chi connectivity index (χ3n) is 10.6. The lowest BCUT2D eigenvalue weighted by molar-refractivity contribution is -0.142. The maximum atomic E-state index is 15.1. The molecule has 1 aliphatic rings. The number of fused-ring (bicyclic) bond motifs is 2. The van der Waals surface area contributed by atoms with Gasteiger partial charge in [-0.25, -0.2) is 22.8 Å². The summed E-state index contributed by atoms with van der Waals surface area (Å²) in [4.78, 5) is 33.2. The first-order chi connectivity index (χ1) is 32.5. The van der Waals surface area contributed by atoms with Gasteiger partial charge in [0, 0.05) is 66.1 Å². The minimum atomic E-state index is -5.19. The molecule has 0 bridgehead atoms. The van der Waals surface area contributed by atoms with Gasteiger partial charge < -0.3 is 15.3 Å². The Morgan fingerprint density at radius 2 is 1.60 bits per heavy atom. The summed E-state index contributed by atoms with van der Waals surface area (Å²) < 4.78 is 171. The van der Waals surface area contributed by atoms with Gasteiger partial charge in [0.1, 0.15) is 51.8 Å². The van der Waals surface area contributed by atoms with Crippen LogP contribution in [-0.2, 0) is 64.6 Å². The van der Waals surface area contributed by atoms with Crippen LogP contribution in [0.1, 0.15) is 74.1 Å². The molecule has 3 atom stereocenters. The van der Waals surface area contributed by atoms with Crippen molar-refractivity contribution in [2.75, 3.05) is 37.0 Å². The van der Waals surface area contributed by atoms with E-state index in [1.807, 2.05) is 13.8 Å². The van der Waals surface area contributed by atoms with Gasteiger partial charge in [-0.05, 0) is 68.5 Å². The maximum absolute atomic E-state index is 15.1. The largest absolute Gasteiger partial charge is 0.435 e. The fourth-order valence-electron chi connectivity index (χ4n) is 7.40. The summed E-state index contributed by atoms with van der Waals surface area (Å²) in [5, 5.41) is 18.7. The Bertz CT molecular complexity index is 2890. The Morgan fingerprint density at radius 3 is 2.17 bits per heavy atom. The number of benzene rings is 2. The Morgan fingerprint density at radius 1 is 0.971 bits per heavy atom. The zero-order chi connectivity index (χ0) is 52.4. The number of aliphatic hydroxyl groups excluding tert-OH is 1. The van der Waals surface area contributed by atoms with Crippen LogP contribution in [0.2, 0.25) is 5.02 Å². The smallest absolute Gasteiger partial charge is 0.395 e. The number of hydrogen-bond donors (Lipinski definition) is 2. The number of nitrogens with one attached hydrogen (secondary N) is 1. The molecule has 3 aromatic heterocycles. The minimum Gasteiger partial charge on any atom is -0.395 e. The minimum absolute atomic E-state index is 0.133. The number of aliphatic hydroxyl groups is 1. The van der Waals surface area contributed by atoms with Gasteiger partial charge in [0.05, 0.1) is 34.3 Å². The number of pyridine rings is 1. The van der Waals surface area contributed by atoms with E-state index in [1.54, 1.807) is 0 Å². The Kier molecular flexibility index (Phi) is 16.9. The predicted molar refractivity (Wildman–Crippen MR) is 242 cm³/mol. The van der Waals surface area contributed by atoms with Crippen LogP contribution in [0.25, 0.3) is 22.0 Å². The summed E-state index contributed by atoms with van der Waals surface area (Å²) in [6.07, 6.45) is -10.2. The van der Waals surface area contributed by atoms with Crippen molar-refractivity contribution < 1.29 is 67.0 Å². The molecule has 2 aromatic carbocycles. The number of anilines is 1. The number of rotatable bonds is 13. The average Bonchev–Trinajstić information content (AvgIpc) is 3.91. The highest BCUT2D eigenvalue weighted by atomic mass is 35.5. The summed E-state index contributed by atoms with van der Waals surface area (Å²) in [6, 6.07) is 4.42. The molecular formula is C44H45ClF10N8O5S2. The zero-order valence-electron chi connectivity index (χ0n) is 38.3. The molecule has 0 saturated carbocycles. The third-order valence-corrected chi connectivity index (χ3v) is 13.3. The fourth-order valence-corrected chi connectivity index (χ4v) is 8.56. The van der Waals surface area contributed by atoms with E-state index >= 15 is 8.78 Å². The van der Waals surface area contributed by atoms with Gasteiger partial charge in [-0.1, -0.05) is 37.4 Å². The number of hydrogen-bond acceptors (Lipinski definition) is 8. The molecule has 2 N–H and O–H groups in total. The molecule has 0 spiro atoms. The molecule has 5 aromatic rings.